The summed E-state index contributed by atoms with van der Waals surface area (Å²) in [5.74, 6) is 8.73. The average molecular weight is 494 g/mol. The third kappa shape index (κ3) is 4.71. The maximum Gasteiger partial charge on any atom is 0.239 e. The van der Waals surface area contributed by atoms with Gasteiger partial charge in [0, 0.05) is 18.5 Å². The third-order valence-corrected chi connectivity index (χ3v) is 8.70. The monoisotopic (exact) mass is 493 g/mol. The number of nitrogens with zero attached hydrogens (tertiary/aromatic N) is 3. The maximum atomic E-state index is 11.2. The molecule has 3 aromatic rings. The van der Waals surface area contributed by atoms with Crippen molar-refractivity contribution < 1.29 is 9.84 Å². The van der Waals surface area contributed by atoms with Gasteiger partial charge in [-0.2, -0.15) is 4.98 Å². The Bertz CT molecular complexity index is 1320. The summed E-state index contributed by atoms with van der Waals surface area (Å²) in [6, 6.07) is 17.4. The summed E-state index contributed by atoms with van der Waals surface area (Å²) >= 11 is 0. The molecule has 6 rings (SSSR count). The van der Waals surface area contributed by atoms with Crippen LogP contribution in [0.5, 0.6) is 11.6 Å². The van der Waals surface area contributed by atoms with Gasteiger partial charge in [0.2, 0.25) is 5.88 Å². The van der Waals surface area contributed by atoms with Crippen molar-refractivity contribution in [1.82, 2.24) is 9.97 Å². The van der Waals surface area contributed by atoms with Crippen LogP contribution in [0.3, 0.4) is 0 Å². The zero-order chi connectivity index (χ0) is 25.3. The fourth-order valence-electron chi connectivity index (χ4n) is 6.97. The van der Waals surface area contributed by atoms with E-state index in [1.165, 1.54) is 29.5 Å². The van der Waals surface area contributed by atoms with Crippen LogP contribution in [-0.4, -0.2) is 33.8 Å². The first kappa shape index (κ1) is 24.0. The minimum Gasteiger partial charge on any atom is -0.437 e. The van der Waals surface area contributed by atoms with Crippen molar-refractivity contribution in [2.45, 2.75) is 69.3 Å². The Morgan fingerprint density at radius 3 is 2.73 bits per heavy atom. The molecule has 5 nitrogen and oxygen atoms in total. The largest absolute Gasteiger partial charge is 0.437 e. The van der Waals surface area contributed by atoms with Crippen molar-refractivity contribution in [3.63, 3.8) is 0 Å². The first-order valence-electron chi connectivity index (χ1n) is 13.7. The highest BCUT2D eigenvalue weighted by Crippen LogP contribution is 2.54. The minimum atomic E-state index is -0.876. The number of fused-ring (bicyclic) bond motifs is 3. The van der Waals surface area contributed by atoms with Gasteiger partial charge in [0.05, 0.1) is 12.4 Å². The molecule has 1 saturated carbocycles. The molecule has 0 amide bonds. The molecule has 1 aromatic heterocycles. The van der Waals surface area contributed by atoms with E-state index in [1.54, 1.807) is 6.20 Å². The smallest absolute Gasteiger partial charge is 0.239 e. The lowest BCUT2D eigenvalue weighted by Gasteiger charge is -2.52. The average Bonchev–Trinajstić information content (AvgIpc) is 3.45. The number of aromatic nitrogens is 2. The third-order valence-electron chi connectivity index (χ3n) is 8.70. The van der Waals surface area contributed by atoms with E-state index in [4.69, 9.17) is 9.72 Å². The standard InChI is InChI=1S/C32H35N3O2/c1-2-14-31(36)15-16-32(20-24-8-4-3-5-9-24)26(21-31)11-10-25-19-27(12-13-28(25)32)37-30-23-33-22-29(34-30)35-17-6-7-18-35/h3-5,8-9,12-13,19,22-23,26,36H,6-7,10-11,15-18,20-21H2,1H3/t26-,31-,32+/m1/s1. The van der Waals surface area contributed by atoms with E-state index in [1.807, 2.05) is 13.1 Å². The number of ether oxygens (including phenoxy) is 1. The van der Waals surface area contributed by atoms with Crippen molar-refractivity contribution in [2.24, 2.45) is 5.92 Å². The molecular weight excluding hydrogens is 458 g/mol. The van der Waals surface area contributed by atoms with Crippen LogP contribution in [0.4, 0.5) is 5.82 Å². The molecule has 2 fully saturated rings. The Labute approximate surface area is 219 Å². The molecule has 1 saturated heterocycles. The van der Waals surface area contributed by atoms with Gasteiger partial charge in [-0.25, -0.2) is 0 Å². The van der Waals surface area contributed by atoms with E-state index in [0.29, 0.717) is 18.2 Å². The Hall–Kier alpha value is -3.36. The fourth-order valence-corrected chi connectivity index (χ4v) is 6.97. The second-order valence-electron chi connectivity index (χ2n) is 11.0. The van der Waals surface area contributed by atoms with Gasteiger partial charge in [-0.15, -0.1) is 5.92 Å². The van der Waals surface area contributed by atoms with Crippen LogP contribution in [0.2, 0.25) is 0 Å². The molecule has 37 heavy (non-hydrogen) atoms. The van der Waals surface area contributed by atoms with Gasteiger partial charge in [0.15, 0.2) is 5.82 Å². The predicted octanol–water partition coefficient (Wildman–Crippen LogP) is 5.85. The first-order chi connectivity index (χ1) is 18.1. The molecule has 0 unspecified atom stereocenters. The minimum absolute atomic E-state index is 0.00933. The van der Waals surface area contributed by atoms with E-state index < -0.39 is 5.60 Å². The number of anilines is 1. The highest BCUT2D eigenvalue weighted by Gasteiger charge is 2.51. The van der Waals surface area contributed by atoms with Gasteiger partial charge in [0.1, 0.15) is 11.4 Å². The Kier molecular flexibility index (Phi) is 6.38. The molecule has 0 spiro atoms. The van der Waals surface area contributed by atoms with Crippen molar-refractivity contribution in [2.75, 3.05) is 18.0 Å². The van der Waals surface area contributed by atoms with Crippen LogP contribution in [0.25, 0.3) is 0 Å². The second-order valence-corrected chi connectivity index (χ2v) is 11.0. The lowest BCUT2D eigenvalue weighted by Crippen LogP contribution is -2.50. The summed E-state index contributed by atoms with van der Waals surface area (Å²) < 4.78 is 6.24. The Morgan fingerprint density at radius 1 is 1.08 bits per heavy atom. The van der Waals surface area contributed by atoms with Crippen molar-refractivity contribution in [3.8, 4) is 23.5 Å². The molecule has 0 radical (unpaired) electrons. The fraction of sp³-hybridized carbons (Fsp3) is 0.438. The van der Waals surface area contributed by atoms with Gasteiger partial charge < -0.3 is 14.7 Å². The molecule has 2 aromatic carbocycles. The predicted molar refractivity (Wildman–Crippen MR) is 146 cm³/mol. The van der Waals surface area contributed by atoms with Gasteiger partial charge >= 0.3 is 0 Å². The molecule has 0 bridgehead atoms. The number of benzene rings is 2. The Morgan fingerprint density at radius 2 is 1.92 bits per heavy atom. The van der Waals surface area contributed by atoms with Gasteiger partial charge in [-0.3, -0.25) is 4.98 Å². The van der Waals surface area contributed by atoms with E-state index in [0.717, 1.165) is 56.8 Å². The molecule has 3 aliphatic rings. The quantitative estimate of drug-likeness (QED) is 0.452. The number of rotatable bonds is 5. The molecular formula is C32H35N3O2. The van der Waals surface area contributed by atoms with E-state index in [2.05, 4.69) is 70.3 Å². The molecule has 1 aliphatic heterocycles. The van der Waals surface area contributed by atoms with Gasteiger partial charge in [-0.05, 0) is 93.0 Å². The first-order valence-corrected chi connectivity index (χ1v) is 13.7. The van der Waals surface area contributed by atoms with Gasteiger partial charge in [-0.1, -0.05) is 42.3 Å². The molecule has 2 heterocycles. The lowest BCUT2D eigenvalue weighted by atomic mass is 9.52. The van der Waals surface area contributed by atoms with E-state index in [-0.39, 0.29) is 5.41 Å². The molecule has 190 valence electrons. The summed E-state index contributed by atoms with van der Waals surface area (Å²) in [5, 5.41) is 11.2. The number of hydrogen-bond acceptors (Lipinski definition) is 5. The zero-order valence-electron chi connectivity index (χ0n) is 21.6. The van der Waals surface area contributed by atoms with Crippen LogP contribution >= 0.6 is 0 Å². The van der Waals surface area contributed by atoms with Crippen LogP contribution in [0, 0.1) is 17.8 Å². The topological polar surface area (TPSA) is 58.5 Å². The van der Waals surface area contributed by atoms with Crippen LogP contribution in [-0.2, 0) is 18.3 Å². The molecule has 5 heteroatoms. The molecule has 2 aliphatic carbocycles. The number of hydrogen-bond donors (Lipinski definition) is 1. The number of aryl methyl sites for hydroxylation is 1. The highest BCUT2D eigenvalue weighted by molar-refractivity contribution is 5.46. The SMILES string of the molecule is CC#C[C@@]1(O)CC[C@@]2(Cc3ccccc3)c3ccc(Oc4cncc(N5CCCC5)n4)cc3CC[C@@H]2C1. The van der Waals surface area contributed by atoms with Crippen molar-refractivity contribution >= 4 is 5.82 Å². The van der Waals surface area contributed by atoms with Gasteiger partial charge in [0.25, 0.3) is 0 Å². The zero-order valence-corrected chi connectivity index (χ0v) is 21.6. The summed E-state index contributed by atoms with van der Waals surface area (Å²) in [4.78, 5) is 11.4. The van der Waals surface area contributed by atoms with Crippen molar-refractivity contribution in [3.05, 3.63) is 77.6 Å². The van der Waals surface area contributed by atoms with E-state index >= 15 is 0 Å². The van der Waals surface area contributed by atoms with Crippen LogP contribution < -0.4 is 9.64 Å². The lowest BCUT2D eigenvalue weighted by molar-refractivity contribution is -0.00804. The normalized spacial score (nSPS) is 26.5. The van der Waals surface area contributed by atoms with E-state index in [9.17, 15) is 5.11 Å². The summed E-state index contributed by atoms with van der Waals surface area (Å²) in [6.07, 6.45) is 11.3. The maximum absolute atomic E-state index is 11.2. The molecule has 1 N–H and O–H groups in total. The second kappa shape index (κ2) is 9.84. The van der Waals surface area contributed by atoms with Crippen LogP contribution in [0.15, 0.2) is 60.9 Å². The van der Waals surface area contributed by atoms with Crippen molar-refractivity contribution in [1.29, 1.82) is 0 Å². The van der Waals surface area contributed by atoms with Crippen LogP contribution in [0.1, 0.15) is 62.1 Å². The summed E-state index contributed by atoms with van der Waals surface area (Å²) in [5.41, 5.74) is 3.22. The summed E-state index contributed by atoms with van der Waals surface area (Å²) in [7, 11) is 0. The Balaban J connectivity index is 1.31. The molecule has 3 atom stereocenters. The number of aliphatic hydroxyl groups is 1. The highest BCUT2D eigenvalue weighted by atomic mass is 16.5. The summed E-state index contributed by atoms with van der Waals surface area (Å²) in [6.45, 7) is 3.88.